The highest BCUT2D eigenvalue weighted by molar-refractivity contribution is 5.83. The summed E-state index contributed by atoms with van der Waals surface area (Å²) in [6.45, 7) is 7.30. The van der Waals surface area contributed by atoms with E-state index in [9.17, 15) is 4.79 Å². The summed E-state index contributed by atoms with van der Waals surface area (Å²) in [5, 5.41) is 0. The van der Waals surface area contributed by atoms with Crippen LogP contribution in [0.5, 0.6) is 0 Å². The largest absolute Gasteiger partial charge is 0.381 e. The van der Waals surface area contributed by atoms with Gasteiger partial charge in [-0.05, 0) is 54.8 Å². The SMILES string of the molecule is COC1CCCC(=O)C1[C@@H]1C[C@H]2CC[C@]1(C)C2(C)C. The van der Waals surface area contributed by atoms with Crippen LogP contribution < -0.4 is 0 Å². The van der Waals surface area contributed by atoms with Crippen molar-refractivity contribution in [3.8, 4) is 0 Å². The zero-order valence-electron chi connectivity index (χ0n) is 12.9. The predicted molar refractivity (Wildman–Crippen MR) is 75.9 cm³/mol. The molecule has 0 heterocycles. The molecular formula is C17H28O2. The third kappa shape index (κ3) is 1.68. The minimum atomic E-state index is 0.174. The third-order valence-corrected chi connectivity index (χ3v) is 7.28. The van der Waals surface area contributed by atoms with Crippen LogP contribution in [0, 0.1) is 28.6 Å². The second kappa shape index (κ2) is 4.31. The van der Waals surface area contributed by atoms with E-state index in [0.29, 0.717) is 22.5 Å². The Morgan fingerprint density at radius 2 is 1.95 bits per heavy atom. The van der Waals surface area contributed by atoms with Crippen molar-refractivity contribution in [3.63, 3.8) is 0 Å². The lowest BCUT2D eigenvalue weighted by Gasteiger charge is -2.45. The average Bonchev–Trinajstić information content (AvgIpc) is 2.71. The maximum atomic E-state index is 12.5. The average molecular weight is 264 g/mol. The monoisotopic (exact) mass is 264 g/mol. The smallest absolute Gasteiger partial charge is 0.138 e. The van der Waals surface area contributed by atoms with Crippen LogP contribution in [0.3, 0.4) is 0 Å². The summed E-state index contributed by atoms with van der Waals surface area (Å²) in [6.07, 6.45) is 6.96. The van der Waals surface area contributed by atoms with E-state index >= 15 is 0 Å². The summed E-state index contributed by atoms with van der Waals surface area (Å²) in [5.74, 6) is 2.02. The normalized spacial score (nSPS) is 48.7. The summed E-state index contributed by atoms with van der Waals surface area (Å²) in [4.78, 5) is 12.5. The Kier molecular flexibility index (Phi) is 3.09. The van der Waals surface area contributed by atoms with Crippen molar-refractivity contribution in [2.75, 3.05) is 7.11 Å². The van der Waals surface area contributed by atoms with Gasteiger partial charge in [-0.1, -0.05) is 20.8 Å². The van der Waals surface area contributed by atoms with Crippen LogP contribution >= 0.6 is 0 Å². The number of rotatable bonds is 2. The first-order chi connectivity index (χ1) is 8.91. The molecule has 108 valence electrons. The third-order valence-electron chi connectivity index (χ3n) is 7.28. The highest BCUT2D eigenvalue weighted by atomic mass is 16.5. The number of ketones is 1. The van der Waals surface area contributed by atoms with Crippen LogP contribution in [-0.4, -0.2) is 19.0 Å². The summed E-state index contributed by atoms with van der Waals surface area (Å²) >= 11 is 0. The molecule has 3 saturated carbocycles. The Balaban J connectivity index is 1.92. The summed E-state index contributed by atoms with van der Waals surface area (Å²) in [7, 11) is 1.79. The Morgan fingerprint density at radius 3 is 2.47 bits per heavy atom. The van der Waals surface area contributed by atoms with Crippen molar-refractivity contribution in [1.82, 2.24) is 0 Å². The lowest BCUT2D eigenvalue weighted by atomic mass is 9.60. The van der Waals surface area contributed by atoms with E-state index in [1.165, 1.54) is 19.3 Å². The molecule has 0 N–H and O–H groups in total. The van der Waals surface area contributed by atoms with Crippen LogP contribution in [0.2, 0.25) is 0 Å². The first-order valence-corrected chi connectivity index (χ1v) is 7.97. The van der Waals surface area contributed by atoms with Gasteiger partial charge >= 0.3 is 0 Å². The lowest BCUT2D eigenvalue weighted by molar-refractivity contribution is -0.138. The van der Waals surface area contributed by atoms with Gasteiger partial charge in [-0.3, -0.25) is 4.79 Å². The van der Waals surface area contributed by atoms with Crippen molar-refractivity contribution in [2.24, 2.45) is 28.6 Å². The van der Waals surface area contributed by atoms with E-state index in [4.69, 9.17) is 4.74 Å². The van der Waals surface area contributed by atoms with Gasteiger partial charge in [0.05, 0.1) is 6.10 Å². The maximum Gasteiger partial charge on any atom is 0.138 e. The first kappa shape index (κ1) is 13.6. The fourth-order valence-corrected chi connectivity index (χ4v) is 5.59. The number of carbonyl (C=O) groups excluding carboxylic acids is 1. The molecule has 0 aromatic rings. The fourth-order valence-electron chi connectivity index (χ4n) is 5.59. The Labute approximate surface area is 117 Å². The highest BCUT2D eigenvalue weighted by Gasteiger charge is 2.64. The molecule has 0 spiro atoms. The molecule has 3 fully saturated rings. The number of carbonyl (C=O) groups is 1. The number of hydrogen-bond donors (Lipinski definition) is 0. The number of methoxy groups -OCH3 is 1. The second-order valence-electron chi connectivity index (χ2n) is 7.88. The summed E-state index contributed by atoms with van der Waals surface area (Å²) in [5.41, 5.74) is 0.736. The van der Waals surface area contributed by atoms with E-state index in [2.05, 4.69) is 20.8 Å². The molecule has 5 atom stereocenters. The molecule has 2 heteroatoms. The second-order valence-corrected chi connectivity index (χ2v) is 7.88. The van der Waals surface area contributed by atoms with Gasteiger partial charge < -0.3 is 4.74 Å². The first-order valence-electron chi connectivity index (χ1n) is 7.97. The molecule has 0 amide bonds. The number of fused-ring (bicyclic) bond motifs is 2. The molecule has 0 saturated heterocycles. The number of Topliss-reactive ketones (excluding diaryl/α,β-unsaturated/α-hetero) is 1. The van der Waals surface area contributed by atoms with E-state index < -0.39 is 0 Å². The molecule has 0 aromatic heterocycles. The quantitative estimate of drug-likeness (QED) is 0.757. The zero-order valence-corrected chi connectivity index (χ0v) is 12.9. The van der Waals surface area contributed by atoms with Crippen molar-refractivity contribution in [2.45, 2.75) is 65.4 Å². The molecule has 19 heavy (non-hydrogen) atoms. The van der Waals surface area contributed by atoms with Crippen molar-refractivity contribution in [3.05, 3.63) is 0 Å². The number of hydrogen-bond acceptors (Lipinski definition) is 2. The van der Waals surface area contributed by atoms with Gasteiger partial charge in [0.1, 0.15) is 5.78 Å². The molecule has 0 aromatic carbocycles. The molecular weight excluding hydrogens is 236 g/mol. The van der Waals surface area contributed by atoms with Gasteiger partial charge in [0.15, 0.2) is 0 Å². The minimum absolute atomic E-state index is 0.174. The van der Waals surface area contributed by atoms with Gasteiger partial charge in [-0.25, -0.2) is 0 Å². The molecule has 2 unspecified atom stereocenters. The Hall–Kier alpha value is -0.370. The van der Waals surface area contributed by atoms with Crippen molar-refractivity contribution >= 4 is 5.78 Å². The molecule has 3 aliphatic carbocycles. The molecule has 2 nitrogen and oxygen atoms in total. The minimum Gasteiger partial charge on any atom is -0.381 e. The lowest BCUT2D eigenvalue weighted by Crippen LogP contribution is -2.45. The van der Waals surface area contributed by atoms with Gasteiger partial charge in [-0.2, -0.15) is 0 Å². The highest BCUT2D eigenvalue weighted by Crippen LogP contribution is 2.70. The van der Waals surface area contributed by atoms with Crippen LogP contribution in [0.1, 0.15) is 59.3 Å². The molecule has 0 radical (unpaired) electrons. The van der Waals surface area contributed by atoms with Crippen LogP contribution in [0.4, 0.5) is 0 Å². The molecule has 0 aliphatic heterocycles. The fraction of sp³-hybridized carbons (Fsp3) is 0.941. The summed E-state index contributed by atoms with van der Waals surface area (Å²) in [6, 6.07) is 0. The van der Waals surface area contributed by atoms with Crippen LogP contribution in [-0.2, 0) is 9.53 Å². The van der Waals surface area contributed by atoms with E-state index in [1.807, 2.05) is 0 Å². The zero-order chi connectivity index (χ0) is 13.8. The standard InChI is InChI=1S/C17H28O2/c1-16(2)11-8-9-17(16,3)12(10-11)15-13(18)6-5-7-14(15)19-4/h11-12,14-15H,5-10H2,1-4H3/t11-,12+,14?,15?,17+/m1/s1. The van der Waals surface area contributed by atoms with Gasteiger partial charge in [0.2, 0.25) is 0 Å². The van der Waals surface area contributed by atoms with Gasteiger partial charge in [-0.15, -0.1) is 0 Å². The summed E-state index contributed by atoms with van der Waals surface area (Å²) < 4.78 is 5.69. The van der Waals surface area contributed by atoms with Gasteiger partial charge in [0, 0.05) is 19.4 Å². The van der Waals surface area contributed by atoms with Gasteiger partial charge in [0.25, 0.3) is 0 Å². The molecule has 2 bridgehead atoms. The Bertz CT molecular complexity index is 387. The van der Waals surface area contributed by atoms with Crippen LogP contribution in [0.15, 0.2) is 0 Å². The number of ether oxygens (including phenoxy) is 1. The van der Waals surface area contributed by atoms with Crippen molar-refractivity contribution in [1.29, 1.82) is 0 Å². The maximum absolute atomic E-state index is 12.5. The molecule has 3 rings (SSSR count). The Morgan fingerprint density at radius 1 is 1.21 bits per heavy atom. The van der Waals surface area contributed by atoms with E-state index in [-0.39, 0.29) is 12.0 Å². The van der Waals surface area contributed by atoms with Crippen LogP contribution in [0.25, 0.3) is 0 Å². The van der Waals surface area contributed by atoms with Crippen molar-refractivity contribution < 1.29 is 9.53 Å². The predicted octanol–water partition coefficient (Wildman–Crippen LogP) is 3.83. The van der Waals surface area contributed by atoms with E-state index in [1.54, 1.807) is 7.11 Å². The molecule has 3 aliphatic rings. The topological polar surface area (TPSA) is 26.3 Å². The van der Waals surface area contributed by atoms with E-state index in [0.717, 1.165) is 25.2 Å².